The Morgan fingerprint density at radius 3 is 1.64 bits per heavy atom. The molecule has 234 valence electrons. The van der Waals surface area contributed by atoms with Gasteiger partial charge in [0, 0.05) is 38.5 Å². The summed E-state index contributed by atoms with van der Waals surface area (Å²) in [5.41, 5.74) is 9.80. The first-order valence-corrected chi connectivity index (χ1v) is 17.1. The van der Waals surface area contributed by atoms with Crippen molar-refractivity contribution in [1.29, 1.82) is 0 Å². The number of hydrogen-bond acceptors (Lipinski definition) is 2. The third-order valence-corrected chi connectivity index (χ3v) is 10.0. The third-order valence-electron chi connectivity index (χ3n) is 10.0. The standard InChI is InChI=1S/C48H31NO/c1-2-10-32(11-3-1)33-22-27-38(28-23-33)49(45-19-8-14-34-12-4-6-15-40(34)45)39-29-24-36(25-30-39)42-17-9-18-43-44-31-26-37-21-20-35-13-5-7-16-41(35)46(37)48(44)50-47(42)43/h1-31H. The molecule has 0 fully saturated rings. The van der Waals surface area contributed by atoms with Crippen molar-refractivity contribution >= 4 is 71.3 Å². The zero-order valence-corrected chi connectivity index (χ0v) is 27.3. The zero-order chi connectivity index (χ0) is 33.0. The topological polar surface area (TPSA) is 16.4 Å². The van der Waals surface area contributed by atoms with Crippen LogP contribution in [0, 0.1) is 0 Å². The SMILES string of the molecule is c1ccc(-c2ccc(N(c3ccc(-c4cccc5c4oc4c5ccc5ccc6ccccc6c54)cc3)c3cccc4ccccc34)cc2)cc1. The molecule has 0 aliphatic rings. The first-order chi connectivity index (χ1) is 24.8. The van der Waals surface area contributed by atoms with Gasteiger partial charge in [-0.2, -0.15) is 0 Å². The molecule has 2 heteroatoms. The van der Waals surface area contributed by atoms with Crippen molar-refractivity contribution < 1.29 is 4.42 Å². The van der Waals surface area contributed by atoms with Gasteiger partial charge in [-0.3, -0.25) is 0 Å². The van der Waals surface area contributed by atoms with E-state index in [1.807, 2.05) is 0 Å². The Morgan fingerprint density at radius 1 is 0.320 bits per heavy atom. The lowest BCUT2D eigenvalue weighted by Crippen LogP contribution is -2.10. The van der Waals surface area contributed by atoms with Crippen LogP contribution in [0.1, 0.15) is 0 Å². The molecule has 0 radical (unpaired) electrons. The molecule has 0 atom stereocenters. The monoisotopic (exact) mass is 637 g/mol. The summed E-state index contributed by atoms with van der Waals surface area (Å²) in [4.78, 5) is 2.36. The van der Waals surface area contributed by atoms with Gasteiger partial charge in [0.1, 0.15) is 11.2 Å². The van der Waals surface area contributed by atoms with E-state index >= 15 is 0 Å². The number of furan rings is 1. The Hall–Kier alpha value is -6.64. The van der Waals surface area contributed by atoms with Crippen LogP contribution in [-0.2, 0) is 0 Å². The molecule has 0 aliphatic carbocycles. The van der Waals surface area contributed by atoms with Crippen molar-refractivity contribution in [2.24, 2.45) is 0 Å². The number of nitrogens with zero attached hydrogens (tertiary/aromatic N) is 1. The smallest absolute Gasteiger partial charge is 0.143 e. The molecular weight excluding hydrogens is 607 g/mol. The average Bonchev–Trinajstić information content (AvgIpc) is 3.58. The van der Waals surface area contributed by atoms with Crippen LogP contribution >= 0.6 is 0 Å². The fourth-order valence-corrected chi connectivity index (χ4v) is 7.62. The maximum atomic E-state index is 6.86. The maximum absolute atomic E-state index is 6.86. The van der Waals surface area contributed by atoms with E-state index < -0.39 is 0 Å². The van der Waals surface area contributed by atoms with Gasteiger partial charge in [0.2, 0.25) is 0 Å². The second kappa shape index (κ2) is 11.5. The summed E-state index contributed by atoms with van der Waals surface area (Å²) in [5, 5.41) is 9.48. The summed E-state index contributed by atoms with van der Waals surface area (Å²) in [5.74, 6) is 0. The Kier molecular flexibility index (Phi) is 6.53. The lowest BCUT2D eigenvalue weighted by molar-refractivity contribution is 0.674. The summed E-state index contributed by atoms with van der Waals surface area (Å²) >= 11 is 0. The van der Waals surface area contributed by atoms with Crippen LogP contribution in [0.4, 0.5) is 17.1 Å². The van der Waals surface area contributed by atoms with Gasteiger partial charge in [-0.05, 0) is 74.6 Å². The van der Waals surface area contributed by atoms with Gasteiger partial charge in [-0.15, -0.1) is 0 Å². The minimum atomic E-state index is 0.915. The molecule has 2 nitrogen and oxygen atoms in total. The third kappa shape index (κ3) is 4.57. The van der Waals surface area contributed by atoms with Gasteiger partial charge >= 0.3 is 0 Å². The van der Waals surface area contributed by atoms with Crippen molar-refractivity contribution in [2.45, 2.75) is 0 Å². The van der Waals surface area contributed by atoms with Crippen LogP contribution in [-0.4, -0.2) is 0 Å². The Morgan fingerprint density at radius 2 is 0.860 bits per heavy atom. The fraction of sp³-hybridized carbons (Fsp3) is 0. The van der Waals surface area contributed by atoms with E-state index in [9.17, 15) is 0 Å². The molecule has 10 aromatic rings. The first-order valence-electron chi connectivity index (χ1n) is 17.1. The highest BCUT2D eigenvalue weighted by atomic mass is 16.3. The van der Waals surface area contributed by atoms with Crippen LogP contribution in [0.5, 0.6) is 0 Å². The van der Waals surface area contributed by atoms with Crippen molar-refractivity contribution in [3.8, 4) is 22.3 Å². The highest BCUT2D eigenvalue weighted by Gasteiger charge is 2.18. The van der Waals surface area contributed by atoms with E-state index in [0.29, 0.717) is 0 Å². The Balaban J connectivity index is 1.11. The van der Waals surface area contributed by atoms with E-state index in [1.165, 1.54) is 43.4 Å². The summed E-state index contributed by atoms with van der Waals surface area (Å²) in [6, 6.07) is 67.3. The van der Waals surface area contributed by atoms with Crippen molar-refractivity contribution in [3.63, 3.8) is 0 Å². The molecule has 0 amide bonds. The molecule has 0 bridgehead atoms. The summed E-state index contributed by atoms with van der Waals surface area (Å²) in [6.07, 6.45) is 0. The highest BCUT2D eigenvalue weighted by molar-refractivity contribution is 6.24. The van der Waals surface area contributed by atoms with Crippen molar-refractivity contribution in [2.75, 3.05) is 4.90 Å². The second-order valence-corrected chi connectivity index (χ2v) is 12.9. The molecule has 9 aromatic carbocycles. The normalized spacial score (nSPS) is 11.6. The summed E-state index contributed by atoms with van der Waals surface area (Å²) < 4.78 is 6.86. The molecule has 50 heavy (non-hydrogen) atoms. The van der Waals surface area contributed by atoms with E-state index in [2.05, 4.69) is 193 Å². The number of para-hydroxylation sites is 1. The van der Waals surface area contributed by atoms with E-state index in [4.69, 9.17) is 4.42 Å². The molecule has 0 unspecified atom stereocenters. The van der Waals surface area contributed by atoms with Gasteiger partial charge in [0.25, 0.3) is 0 Å². The zero-order valence-electron chi connectivity index (χ0n) is 27.3. The summed E-state index contributed by atoms with van der Waals surface area (Å²) in [6.45, 7) is 0. The molecule has 0 saturated heterocycles. The number of rotatable bonds is 5. The molecule has 1 heterocycles. The van der Waals surface area contributed by atoms with Crippen LogP contribution < -0.4 is 4.90 Å². The minimum absolute atomic E-state index is 0.915. The highest BCUT2D eigenvalue weighted by Crippen LogP contribution is 2.43. The maximum Gasteiger partial charge on any atom is 0.143 e. The van der Waals surface area contributed by atoms with E-state index in [-0.39, 0.29) is 0 Å². The Bertz CT molecular complexity index is 2840. The lowest BCUT2D eigenvalue weighted by Gasteiger charge is -2.27. The molecule has 1 aromatic heterocycles. The van der Waals surface area contributed by atoms with E-state index in [1.54, 1.807) is 0 Å². The molecule has 0 aliphatic heterocycles. The average molecular weight is 638 g/mol. The van der Waals surface area contributed by atoms with Gasteiger partial charge in [0.15, 0.2) is 0 Å². The molecule has 10 rings (SSSR count). The van der Waals surface area contributed by atoms with Crippen LogP contribution in [0.25, 0.3) is 76.5 Å². The number of hydrogen-bond donors (Lipinski definition) is 0. The van der Waals surface area contributed by atoms with Crippen LogP contribution in [0.15, 0.2) is 192 Å². The lowest BCUT2D eigenvalue weighted by atomic mass is 9.98. The van der Waals surface area contributed by atoms with Crippen molar-refractivity contribution in [3.05, 3.63) is 188 Å². The predicted molar refractivity (Wildman–Crippen MR) is 212 cm³/mol. The van der Waals surface area contributed by atoms with Gasteiger partial charge in [-0.25, -0.2) is 0 Å². The van der Waals surface area contributed by atoms with Gasteiger partial charge in [0.05, 0.1) is 5.69 Å². The van der Waals surface area contributed by atoms with Crippen LogP contribution in [0.3, 0.4) is 0 Å². The minimum Gasteiger partial charge on any atom is -0.455 e. The van der Waals surface area contributed by atoms with Crippen molar-refractivity contribution in [1.82, 2.24) is 0 Å². The quantitative estimate of drug-likeness (QED) is 0.175. The first kappa shape index (κ1) is 28.4. The summed E-state index contributed by atoms with van der Waals surface area (Å²) in [7, 11) is 0. The number of benzene rings is 9. The molecular formula is C48H31NO. The number of anilines is 3. The molecule has 0 spiro atoms. The van der Waals surface area contributed by atoms with Gasteiger partial charge in [-0.1, -0.05) is 152 Å². The molecule has 0 saturated carbocycles. The van der Waals surface area contributed by atoms with Gasteiger partial charge < -0.3 is 9.32 Å². The van der Waals surface area contributed by atoms with E-state index in [0.717, 1.165) is 50.1 Å². The predicted octanol–water partition coefficient (Wildman–Crippen LogP) is 13.8. The Labute approximate surface area is 290 Å². The largest absolute Gasteiger partial charge is 0.455 e. The molecule has 0 N–H and O–H groups in total. The van der Waals surface area contributed by atoms with Crippen LogP contribution in [0.2, 0.25) is 0 Å². The second-order valence-electron chi connectivity index (χ2n) is 12.9. The fourth-order valence-electron chi connectivity index (χ4n) is 7.62. The number of fused-ring (bicyclic) bond motifs is 8.